The lowest BCUT2D eigenvalue weighted by Crippen LogP contribution is -2.05. The van der Waals surface area contributed by atoms with Gasteiger partial charge in [-0.05, 0) is 24.3 Å². The molecule has 0 bridgehead atoms. The summed E-state index contributed by atoms with van der Waals surface area (Å²) < 4.78 is 11.5. The normalized spacial score (nSPS) is 11.8. The Morgan fingerprint density at radius 1 is 1.14 bits per heavy atom. The summed E-state index contributed by atoms with van der Waals surface area (Å²) in [6.07, 6.45) is 0. The van der Waals surface area contributed by atoms with E-state index in [1.165, 1.54) is 0 Å². The quantitative estimate of drug-likeness (QED) is 0.768. The second kappa shape index (κ2) is 6.60. The van der Waals surface area contributed by atoms with Crippen molar-refractivity contribution >= 4 is 16.5 Å². The molecule has 0 radical (unpaired) electrons. The zero-order valence-electron chi connectivity index (χ0n) is 9.28. The monoisotopic (exact) mass is 213 g/mol. The van der Waals surface area contributed by atoms with Gasteiger partial charge in [-0.2, -0.15) is 0 Å². The van der Waals surface area contributed by atoms with E-state index < -0.39 is 10.8 Å². The molecule has 0 aromatic heterocycles. The third kappa shape index (κ3) is 3.92. The van der Waals surface area contributed by atoms with Crippen LogP contribution in [0.25, 0.3) is 0 Å². The standard InChI is InChI=1S/C9H13NOS.C2H6/c1-7(2)12(11)9-5-3-8(10)4-6-9;1-2/h3-7H,10H2,1-2H3;1-2H3. The van der Waals surface area contributed by atoms with Crippen molar-refractivity contribution < 1.29 is 4.21 Å². The topological polar surface area (TPSA) is 43.1 Å². The summed E-state index contributed by atoms with van der Waals surface area (Å²) in [5, 5.41) is 0.161. The summed E-state index contributed by atoms with van der Waals surface area (Å²) in [7, 11) is -0.899. The molecule has 0 saturated heterocycles. The van der Waals surface area contributed by atoms with Crippen molar-refractivity contribution in [3.8, 4) is 0 Å². The van der Waals surface area contributed by atoms with Gasteiger partial charge in [-0.25, -0.2) is 0 Å². The molecule has 0 fully saturated rings. The number of nitrogens with two attached hydrogens (primary N) is 1. The van der Waals surface area contributed by atoms with Gasteiger partial charge in [0.2, 0.25) is 0 Å². The van der Waals surface area contributed by atoms with Crippen molar-refractivity contribution in [3.05, 3.63) is 24.3 Å². The van der Waals surface area contributed by atoms with E-state index >= 15 is 0 Å². The predicted molar refractivity (Wildman–Crippen MR) is 63.7 cm³/mol. The van der Waals surface area contributed by atoms with E-state index in [0.717, 1.165) is 4.90 Å². The maximum absolute atomic E-state index is 11.5. The third-order valence-electron chi connectivity index (χ3n) is 1.54. The SMILES string of the molecule is CC.CC(C)S(=O)c1ccc(N)cc1. The number of hydrogen-bond donors (Lipinski definition) is 1. The highest BCUT2D eigenvalue weighted by molar-refractivity contribution is 7.85. The van der Waals surface area contributed by atoms with Crippen molar-refractivity contribution in [1.29, 1.82) is 0 Å². The molecule has 1 atom stereocenters. The first-order valence-corrected chi connectivity index (χ1v) is 6.08. The molecular weight excluding hydrogens is 194 g/mol. The Morgan fingerprint density at radius 3 is 1.93 bits per heavy atom. The Labute approximate surface area is 89.0 Å². The second-order valence-electron chi connectivity index (χ2n) is 2.92. The molecule has 0 saturated carbocycles. The summed E-state index contributed by atoms with van der Waals surface area (Å²) in [5.74, 6) is 0. The molecule has 80 valence electrons. The van der Waals surface area contributed by atoms with Crippen LogP contribution in [0.3, 0.4) is 0 Å². The zero-order valence-corrected chi connectivity index (χ0v) is 10.1. The van der Waals surface area contributed by atoms with Crippen LogP contribution in [0.15, 0.2) is 29.2 Å². The summed E-state index contributed by atoms with van der Waals surface area (Å²) >= 11 is 0. The molecule has 2 nitrogen and oxygen atoms in total. The molecule has 1 unspecified atom stereocenters. The molecule has 0 aliphatic rings. The van der Waals surface area contributed by atoms with Gasteiger partial charge in [0.05, 0.1) is 10.8 Å². The minimum Gasteiger partial charge on any atom is -0.399 e. The zero-order chi connectivity index (χ0) is 11.1. The largest absolute Gasteiger partial charge is 0.399 e. The molecule has 14 heavy (non-hydrogen) atoms. The Balaban J connectivity index is 0.000000791. The maximum atomic E-state index is 11.5. The molecule has 0 aliphatic heterocycles. The van der Waals surface area contributed by atoms with Crippen LogP contribution >= 0.6 is 0 Å². The lowest BCUT2D eigenvalue weighted by molar-refractivity contribution is 0.677. The minimum atomic E-state index is -0.899. The minimum absolute atomic E-state index is 0.161. The fourth-order valence-electron chi connectivity index (χ4n) is 0.874. The van der Waals surface area contributed by atoms with Crippen LogP contribution < -0.4 is 5.73 Å². The number of nitrogen functional groups attached to an aromatic ring is 1. The van der Waals surface area contributed by atoms with Gasteiger partial charge in [-0.15, -0.1) is 0 Å². The van der Waals surface area contributed by atoms with Crippen LogP contribution in [0, 0.1) is 0 Å². The van der Waals surface area contributed by atoms with Gasteiger partial charge in [-0.1, -0.05) is 27.7 Å². The first kappa shape index (κ1) is 13.2. The lowest BCUT2D eigenvalue weighted by atomic mass is 10.3. The van der Waals surface area contributed by atoms with Crippen molar-refractivity contribution in [2.24, 2.45) is 0 Å². The molecule has 1 aromatic rings. The highest BCUT2D eigenvalue weighted by Gasteiger charge is 2.06. The van der Waals surface area contributed by atoms with E-state index in [4.69, 9.17) is 5.73 Å². The van der Waals surface area contributed by atoms with Crippen molar-refractivity contribution in [1.82, 2.24) is 0 Å². The van der Waals surface area contributed by atoms with E-state index in [9.17, 15) is 4.21 Å². The molecule has 1 rings (SSSR count). The third-order valence-corrected chi connectivity index (χ3v) is 3.13. The van der Waals surface area contributed by atoms with E-state index in [-0.39, 0.29) is 5.25 Å². The van der Waals surface area contributed by atoms with Crippen LogP contribution in [-0.4, -0.2) is 9.46 Å². The van der Waals surface area contributed by atoms with Crippen LogP contribution in [0.1, 0.15) is 27.7 Å². The van der Waals surface area contributed by atoms with Crippen LogP contribution in [-0.2, 0) is 10.8 Å². The van der Waals surface area contributed by atoms with Gasteiger partial charge in [0.1, 0.15) is 0 Å². The van der Waals surface area contributed by atoms with Crippen LogP contribution in [0.2, 0.25) is 0 Å². The Kier molecular flexibility index (Phi) is 6.21. The lowest BCUT2D eigenvalue weighted by Gasteiger charge is -2.04. The number of benzene rings is 1. The molecule has 0 heterocycles. The van der Waals surface area contributed by atoms with Crippen LogP contribution in [0.5, 0.6) is 0 Å². The van der Waals surface area contributed by atoms with Gasteiger partial charge >= 0.3 is 0 Å². The smallest absolute Gasteiger partial charge is 0.0555 e. The average molecular weight is 213 g/mol. The first-order chi connectivity index (χ1) is 6.61. The summed E-state index contributed by atoms with van der Waals surface area (Å²) in [6.45, 7) is 7.87. The molecule has 2 N–H and O–H groups in total. The van der Waals surface area contributed by atoms with Crippen molar-refractivity contribution in [3.63, 3.8) is 0 Å². The second-order valence-corrected chi connectivity index (χ2v) is 4.92. The van der Waals surface area contributed by atoms with E-state index in [2.05, 4.69) is 0 Å². The summed E-state index contributed by atoms with van der Waals surface area (Å²) in [5.41, 5.74) is 6.21. The summed E-state index contributed by atoms with van der Waals surface area (Å²) in [6, 6.07) is 7.17. The molecule has 0 aliphatic carbocycles. The van der Waals surface area contributed by atoms with E-state index in [1.54, 1.807) is 12.1 Å². The van der Waals surface area contributed by atoms with E-state index in [0.29, 0.717) is 5.69 Å². The highest BCUT2D eigenvalue weighted by atomic mass is 32.2. The summed E-state index contributed by atoms with van der Waals surface area (Å²) in [4.78, 5) is 0.846. The molecule has 3 heteroatoms. The number of hydrogen-bond acceptors (Lipinski definition) is 2. The van der Waals surface area contributed by atoms with Gasteiger partial charge < -0.3 is 5.73 Å². The Morgan fingerprint density at radius 2 is 1.57 bits per heavy atom. The molecule has 0 amide bonds. The number of rotatable bonds is 2. The van der Waals surface area contributed by atoms with Gasteiger partial charge in [0.15, 0.2) is 0 Å². The maximum Gasteiger partial charge on any atom is 0.0555 e. The molecule has 0 spiro atoms. The Hall–Kier alpha value is -0.830. The fourth-order valence-corrected chi connectivity index (χ4v) is 1.82. The molecular formula is C11H19NOS. The van der Waals surface area contributed by atoms with Gasteiger partial charge in [-0.3, -0.25) is 4.21 Å². The van der Waals surface area contributed by atoms with E-state index in [1.807, 2.05) is 39.8 Å². The predicted octanol–water partition coefficient (Wildman–Crippen LogP) is 2.81. The van der Waals surface area contributed by atoms with Crippen molar-refractivity contribution in [2.75, 3.05) is 5.73 Å². The average Bonchev–Trinajstić information content (AvgIpc) is 2.21. The highest BCUT2D eigenvalue weighted by Crippen LogP contribution is 2.12. The van der Waals surface area contributed by atoms with Crippen LogP contribution in [0.4, 0.5) is 5.69 Å². The first-order valence-electron chi connectivity index (χ1n) is 4.87. The van der Waals surface area contributed by atoms with Crippen molar-refractivity contribution in [2.45, 2.75) is 37.8 Å². The molecule has 1 aromatic carbocycles. The fraction of sp³-hybridized carbons (Fsp3) is 0.455. The Bertz CT molecular complexity index is 280. The van der Waals surface area contributed by atoms with Gasteiger partial charge in [0, 0.05) is 15.8 Å². The number of anilines is 1. The van der Waals surface area contributed by atoms with Gasteiger partial charge in [0.25, 0.3) is 0 Å².